The Labute approximate surface area is 122 Å². The lowest BCUT2D eigenvalue weighted by atomic mass is 10.1. The van der Waals surface area contributed by atoms with Crippen LogP contribution in [-0.4, -0.2) is 0 Å². The Morgan fingerprint density at radius 3 is 2.55 bits per heavy atom. The topological polar surface area (TPSA) is 35.8 Å². The standard InChI is InChI=1S/C13H8ClF3N2S/c14-12-4-2-9(20-12)7-19-11-3-1-8(6-18)5-10(11)13(15,16)17/h1-5,19H,7H2. The van der Waals surface area contributed by atoms with E-state index < -0.39 is 11.7 Å². The minimum Gasteiger partial charge on any atom is -0.380 e. The van der Waals surface area contributed by atoms with E-state index in [1.54, 1.807) is 18.2 Å². The van der Waals surface area contributed by atoms with Crippen molar-refractivity contribution >= 4 is 28.6 Å². The first-order valence-electron chi connectivity index (χ1n) is 5.49. The maximum atomic E-state index is 12.9. The zero-order chi connectivity index (χ0) is 14.8. The maximum Gasteiger partial charge on any atom is 0.418 e. The molecule has 2 nitrogen and oxygen atoms in total. The van der Waals surface area contributed by atoms with Crippen LogP contribution >= 0.6 is 22.9 Å². The van der Waals surface area contributed by atoms with Crippen LogP contribution in [0.3, 0.4) is 0 Å². The highest BCUT2D eigenvalue weighted by molar-refractivity contribution is 7.16. The van der Waals surface area contributed by atoms with E-state index in [1.165, 1.54) is 23.5 Å². The van der Waals surface area contributed by atoms with E-state index >= 15 is 0 Å². The van der Waals surface area contributed by atoms with Gasteiger partial charge in [-0.2, -0.15) is 18.4 Å². The molecule has 0 fully saturated rings. The number of hydrogen-bond donors (Lipinski definition) is 1. The molecule has 0 atom stereocenters. The van der Waals surface area contributed by atoms with Gasteiger partial charge in [0.15, 0.2) is 0 Å². The Balaban J connectivity index is 2.25. The maximum absolute atomic E-state index is 12.9. The zero-order valence-corrected chi connectivity index (χ0v) is 11.5. The molecule has 1 N–H and O–H groups in total. The predicted molar refractivity (Wildman–Crippen MR) is 72.8 cm³/mol. The molecule has 0 saturated carbocycles. The Morgan fingerprint density at radius 2 is 2.00 bits per heavy atom. The van der Waals surface area contributed by atoms with Crippen molar-refractivity contribution in [3.8, 4) is 6.07 Å². The van der Waals surface area contributed by atoms with Crippen LogP contribution in [-0.2, 0) is 12.7 Å². The third kappa shape index (κ3) is 3.44. The molecule has 0 spiro atoms. The van der Waals surface area contributed by atoms with Crippen molar-refractivity contribution < 1.29 is 13.2 Å². The number of thiophene rings is 1. The normalized spacial score (nSPS) is 11.2. The van der Waals surface area contributed by atoms with E-state index in [9.17, 15) is 13.2 Å². The van der Waals surface area contributed by atoms with Crippen LogP contribution in [0.2, 0.25) is 4.34 Å². The molecule has 0 bridgehead atoms. The van der Waals surface area contributed by atoms with Gasteiger partial charge >= 0.3 is 6.18 Å². The average molecular weight is 317 g/mol. The van der Waals surface area contributed by atoms with Crippen LogP contribution in [0.5, 0.6) is 0 Å². The van der Waals surface area contributed by atoms with E-state index in [1.807, 2.05) is 0 Å². The molecule has 0 aliphatic carbocycles. The molecule has 7 heteroatoms. The first-order valence-corrected chi connectivity index (χ1v) is 6.69. The van der Waals surface area contributed by atoms with Gasteiger partial charge in [0.05, 0.1) is 21.5 Å². The number of nitrogens with one attached hydrogen (secondary N) is 1. The summed E-state index contributed by atoms with van der Waals surface area (Å²) in [4.78, 5) is 0.826. The number of nitrogens with zero attached hydrogens (tertiary/aromatic N) is 1. The number of hydrogen-bond acceptors (Lipinski definition) is 3. The van der Waals surface area contributed by atoms with Crippen molar-refractivity contribution in [3.63, 3.8) is 0 Å². The summed E-state index contributed by atoms with van der Waals surface area (Å²) in [7, 11) is 0. The highest BCUT2D eigenvalue weighted by atomic mass is 35.5. The second-order valence-corrected chi connectivity index (χ2v) is 5.73. The highest BCUT2D eigenvalue weighted by Crippen LogP contribution is 2.36. The summed E-state index contributed by atoms with van der Waals surface area (Å²) in [6.45, 7) is 0.242. The summed E-state index contributed by atoms with van der Waals surface area (Å²) in [5.74, 6) is 0. The second kappa shape index (κ2) is 5.73. The number of alkyl halides is 3. The van der Waals surface area contributed by atoms with Crippen LogP contribution in [0.25, 0.3) is 0 Å². The van der Waals surface area contributed by atoms with Gasteiger partial charge < -0.3 is 5.32 Å². The summed E-state index contributed by atoms with van der Waals surface area (Å²) in [6, 6.07) is 8.58. The van der Waals surface area contributed by atoms with Crippen LogP contribution in [0.4, 0.5) is 18.9 Å². The lowest BCUT2D eigenvalue weighted by Gasteiger charge is -2.14. The molecule has 104 valence electrons. The fraction of sp³-hybridized carbons (Fsp3) is 0.154. The molecule has 2 aromatic rings. The van der Waals surface area contributed by atoms with Crippen molar-refractivity contribution in [1.82, 2.24) is 0 Å². The monoisotopic (exact) mass is 316 g/mol. The van der Waals surface area contributed by atoms with E-state index in [-0.39, 0.29) is 17.8 Å². The highest BCUT2D eigenvalue weighted by Gasteiger charge is 2.33. The van der Waals surface area contributed by atoms with Crippen LogP contribution < -0.4 is 5.32 Å². The molecule has 1 aromatic heterocycles. The van der Waals surface area contributed by atoms with E-state index in [0.717, 1.165) is 10.9 Å². The first-order chi connectivity index (χ1) is 9.40. The van der Waals surface area contributed by atoms with Gasteiger partial charge in [0.1, 0.15) is 0 Å². The predicted octanol–water partition coefficient (Wildman–Crippen LogP) is 4.90. The minimum atomic E-state index is -4.51. The molecule has 1 aromatic carbocycles. The molecule has 1 heterocycles. The largest absolute Gasteiger partial charge is 0.418 e. The number of halogens is 4. The van der Waals surface area contributed by atoms with Crippen molar-refractivity contribution in [1.29, 1.82) is 5.26 Å². The SMILES string of the molecule is N#Cc1ccc(NCc2ccc(Cl)s2)c(C(F)(F)F)c1. The fourth-order valence-corrected chi connectivity index (χ4v) is 2.66. The Bertz CT molecular complexity index is 658. The number of nitriles is 1. The average Bonchev–Trinajstić information content (AvgIpc) is 2.81. The molecule has 0 unspecified atom stereocenters. The van der Waals surface area contributed by atoms with E-state index in [0.29, 0.717) is 4.34 Å². The number of rotatable bonds is 3. The molecule has 0 aliphatic heterocycles. The van der Waals surface area contributed by atoms with Gasteiger partial charge in [-0.3, -0.25) is 0 Å². The Morgan fingerprint density at radius 1 is 1.25 bits per heavy atom. The summed E-state index contributed by atoms with van der Waals surface area (Å²) in [5.41, 5.74) is -0.928. The van der Waals surface area contributed by atoms with Gasteiger partial charge in [-0.25, -0.2) is 0 Å². The number of benzene rings is 1. The summed E-state index contributed by atoms with van der Waals surface area (Å²) >= 11 is 7.06. The van der Waals surface area contributed by atoms with Gasteiger partial charge in [-0.1, -0.05) is 11.6 Å². The van der Waals surface area contributed by atoms with Crippen LogP contribution in [0, 0.1) is 11.3 Å². The molecule has 0 aliphatic rings. The molecule has 20 heavy (non-hydrogen) atoms. The van der Waals surface area contributed by atoms with E-state index in [2.05, 4.69) is 5.32 Å². The van der Waals surface area contributed by atoms with Gasteiger partial charge in [0, 0.05) is 17.1 Å². The minimum absolute atomic E-state index is 0.0259. The Hall–Kier alpha value is -1.71. The zero-order valence-electron chi connectivity index (χ0n) is 9.96. The quantitative estimate of drug-likeness (QED) is 0.873. The molecule has 0 saturated heterocycles. The van der Waals surface area contributed by atoms with Gasteiger partial charge in [-0.15, -0.1) is 11.3 Å². The van der Waals surface area contributed by atoms with Crippen LogP contribution in [0.1, 0.15) is 16.0 Å². The number of anilines is 1. The third-order valence-electron chi connectivity index (χ3n) is 2.54. The summed E-state index contributed by atoms with van der Waals surface area (Å²) < 4.78 is 39.4. The lowest BCUT2D eigenvalue weighted by molar-refractivity contribution is -0.137. The fourth-order valence-electron chi connectivity index (χ4n) is 1.63. The van der Waals surface area contributed by atoms with Crippen molar-refractivity contribution in [3.05, 3.63) is 50.7 Å². The third-order valence-corrected chi connectivity index (χ3v) is 3.77. The van der Waals surface area contributed by atoms with Gasteiger partial charge in [0.2, 0.25) is 0 Å². The smallest absolute Gasteiger partial charge is 0.380 e. The summed E-state index contributed by atoms with van der Waals surface area (Å²) in [5, 5.41) is 11.4. The van der Waals surface area contributed by atoms with Crippen molar-refractivity contribution in [2.45, 2.75) is 12.7 Å². The van der Waals surface area contributed by atoms with Crippen molar-refractivity contribution in [2.24, 2.45) is 0 Å². The second-order valence-electron chi connectivity index (χ2n) is 3.93. The lowest BCUT2D eigenvalue weighted by Crippen LogP contribution is -2.11. The molecular formula is C13H8ClF3N2S. The van der Waals surface area contributed by atoms with Crippen LogP contribution in [0.15, 0.2) is 30.3 Å². The first kappa shape index (κ1) is 14.7. The van der Waals surface area contributed by atoms with Crippen molar-refractivity contribution in [2.75, 3.05) is 5.32 Å². The van der Waals surface area contributed by atoms with Gasteiger partial charge in [-0.05, 0) is 30.3 Å². The molecule has 2 rings (SSSR count). The molecule has 0 radical (unpaired) electrons. The van der Waals surface area contributed by atoms with Gasteiger partial charge in [0.25, 0.3) is 0 Å². The molecule has 0 amide bonds. The Kier molecular flexibility index (Phi) is 4.21. The summed E-state index contributed by atoms with van der Waals surface area (Å²) in [6.07, 6.45) is -4.51. The molecular weight excluding hydrogens is 309 g/mol. The van der Waals surface area contributed by atoms with E-state index in [4.69, 9.17) is 16.9 Å².